The number of hydrogen-bond donors (Lipinski definition) is 1. The first-order valence-electron chi connectivity index (χ1n) is 10.1. The van der Waals surface area contributed by atoms with E-state index in [0.717, 1.165) is 33.9 Å². The largest absolute Gasteiger partial charge is 0.497 e. The van der Waals surface area contributed by atoms with Crippen molar-refractivity contribution in [2.45, 2.75) is 65.2 Å². The number of rotatable bonds is 6. The molecular formula is C24H31NO4. The van der Waals surface area contributed by atoms with Crippen LogP contribution in [-0.2, 0) is 4.79 Å². The zero-order valence-electron chi connectivity index (χ0n) is 18.2. The first kappa shape index (κ1) is 21.0. The molecular weight excluding hydrogens is 366 g/mol. The SMILES string of the molecule is CCC(Oc1cccc(C)c1C)C(=O)NC1CC(C)(C)Oc2ccc(OC)cc21. The highest BCUT2D eigenvalue weighted by atomic mass is 16.5. The molecule has 156 valence electrons. The molecule has 2 aromatic rings. The molecule has 0 spiro atoms. The fraction of sp³-hybridized carbons (Fsp3) is 0.458. The van der Waals surface area contributed by atoms with E-state index in [4.69, 9.17) is 14.2 Å². The first-order chi connectivity index (χ1) is 13.7. The van der Waals surface area contributed by atoms with Gasteiger partial charge in [0.1, 0.15) is 22.8 Å². The van der Waals surface area contributed by atoms with Crippen molar-refractivity contribution in [2.75, 3.05) is 7.11 Å². The normalized spacial score (nSPS) is 18.2. The second kappa shape index (κ2) is 8.36. The molecule has 1 amide bonds. The van der Waals surface area contributed by atoms with Crippen LogP contribution in [0, 0.1) is 13.8 Å². The summed E-state index contributed by atoms with van der Waals surface area (Å²) < 4.78 is 17.6. The minimum absolute atomic E-state index is 0.120. The minimum atomic E-state index is -0.560. The Labute approximate surface area is 173 Å². The van der Waals surface area contributed by atoms with Crippen molar-refractivity contribution in [3.05, 3.63) is 53.1 Å². The van der Waals surface area contributed by atoms with Gasteiger partial charge in [0.15, 0.2) is 6.10 Å². The molecule has 5 heteroatoms. The number of hydrogen-bond acceptors (Lipinski definition) is 4. The standard InChI is InChI=1S/C24H31NO4/c1-7-20(28-21-10-8-9-15(2)16(21)3)23(26)25-19-14-24(4,5)29-22-12-11-17(27-6)13-18(19)22/h8-13,19-20H,7,14H2,1-6H3,(H,25,26). The topological polar surface area (TPSA) is 56.8 Å². The van der Waals surface area contributed by atoms with Crippen LogP contribution in [0.15, 0.2) is 36.4 Å². The Bertz CT molecular complexity index is 890. The highest BCUT2D eigenvalue weighted by Crippen LogP contribution is 2.41. The summed E-state index contributed by atoms with van der Waals surface area (Å²) in [6, 6.07) is 11.4. The fourth-order valence-electron chi connectivity index (χ4n) is 3.68. The van der Waals surface area contributed by atoms with Crippen LogP contribution in [0.2, 0.25) is 0 Å². The lowest BCUT2D eigenvalue weighted by Gasteiger charge is -2.38. The summed E-state index contributed by atoms with van der Waals surface area (Å²) in [7, 11) is 1.63. The number of ether oxygens (including phenoxy) is 3. The summed E-state index contributed by atoms with van der Waals surface area (Å²) in [6.45, 7) is 10.1. The van der Waals surface area contributed by atoms with Gasteiger partial charge in [0, 0.05) is 12.0 Å². The van der Waals surface area contributed by atoms with Crippen LogP contribution < -0.4 is 19.5 Å². The van der Waals surface area contributed by atoms with Crippen molar-refractivity contribution in [1.29, 1.82) is 0 Å². The molecule has 0 bridgehead atoms. The second-order valence-electron chi connectivity index (χ2n) is 8.24. The van der Waals surface area contributed by atoms with Gasteiger partial charge in [0.05, 0.1) is 13.2 Å². The van der Waals surface area contributed by atoms with Crippen LogP contribution in [0.5, 0.6) is 17.2 Å². The molecule has 3 rings (SSSR count). The molecule has 2 aromatic carbocycles. The molecule has 0 saturated heterocycles. The Kier molecular flexibility index (Phi) is 6.06. The Morgan fingerprint density at radius 1 is 1.28 bits per heavy atom. The third-order valence-electron chi connectivity index (χ3n) is 5.48. The summed E-state index contributed by atoms with van der Waals surface area (Å²) in [4.78, 5) is 13.1. The molecule has 2 unspecified atom stereocenters. The van der Waals surface area contributed by atoms with E-state index in [1.165, 1.54) is 0 Å². The Balaban J connectivity index is 1.82. The predicted octanol–water partition coefficient (Wildman–Crippen LogP) is 4.89. The van der Waals surface area contributed by atoms with Gasteiger partial charge in [-0.2, -0.15) is 0 Å². The zero-order chi connectivity index (χ0) is 21.2. The average molecular weight is 398 g/mol. The van der Waals surface area contributed by atoms with Crippen LogP contribution in [0.1, 0.15) is 56.3 Å². The zero-order valence-corrected chi connectivity index (χ0v) is 18.2. The summed E-state index contributed by atoms with van der Waals surface area (Å²) in [5.41, 5.74) is 2.75. The van der Waals surface area contributed by atoms with Crippen LogP contribution in [-0.4, -0.2) is 24.7 Å². The molecule has 1 heterocycles. The van der Waals surface area contributed by atoms with Crippen LogP contribution in [0.25, 0.3) is 0 Å². The molecule has 1 aliphatic rings. The van der Waals surface area contributed by atoms with Gasteiger partial charge >= 0.3 is 0 Å². The van der Waals surface area contributed by atoms with E-state index in [9.17, 15) is 4.79 Å². The van der Waals surface area contributed by atoms with Crippen molar-refractivity contribution in [1.82, 2.24) is 5.32 Å². The first-order valence-corrected chi connectivity index (χ1v) is 10.1. The van der Waals surface area contributed by atoms with Crippen molar-refractivity contribution < 1.29 is 19.0 Å². The lowest BCUT2D eigenvalue weighted by molar-refractivity contribution is -0.129. The van der Waals surface area contributed by atoms with Gasteiger partial charge in [-0.1, -0.05) is 19.1 Å². The highest BCUT2D eigenvalue weighted by molar-refractivity contribution is 5.81. The minimum Gasteiger partial charge on any atom is -0.497 e. The van der Waals surface area contributed by atoms with E-state index in [0.29, 0.717) is 12.8 Å². The fourth-order valence-corrected chi connectivity index (χ4v) is 3.68. The highest BCUT2D eigenvalue weighted by Gasteiger charge is 2.36. The number of methoxy groups -OCH3 is 1. The third-order valence-corrected chi connectivity index (χ3v) is 5.48. The van der Waals surface area contributed by atoms with E-state index in [1.807, 2.05) is 71.0 Å². The maximum absolute atomic E-state index is 13.1. The van der Waals surface area contributed by atoms with Gasteiger partial charge in [0.2, 0.25) is 0 Å². The second-order valence-corrected chi connectivity index (χ2v) is 8.24. The number of aryl methyl sites for hydroxylation is 1. The number of benzene rings is 2. The number of carbonyl (C=O) groups excluding carboxylic acids is 1. The Morgan fingerprint density at radius 2 is 2.03 bits per heavy atom. The molecule has 0 aromatic heterocycles. The van der Waals surface area contributed by atoms with Crippen LogP contribution >= 0.6 is 0 Å². The van der Waals surface area contributed by atoms with Gasteiger partial charge in [-0.05, 0) is 69.5 Å². The maximum atomic E-state index is 13.1. The average Bonchev–Trinajstić information content (AvgIpc) is 2.68. The van der Waals surface area contributed by atoms with Crippen molar-refractivity contribution in [3.63, 3.8) is 0 Å². The third kappa shape index (κ3) is 4.66. The number of fused-ring (bicyclic) bond motifs is 1. The molecule has 2 atom stereocenters. The number of amides is 1. The van der Waals surface area contributed by atoms with E-state index in [-0.39, 0.29) is 17.6 Å². The van der Waals surface area contributed by atoms with Gasteiger partial charge in [0.25, 0.3) is 5.91 Å². The maximum Gasteiger partial charge on any atom is 0.261 e. The van der Waals surface area contributed by atoms with Gasteiger partial charge < -0.3 is 19.5 Å². The lowest BCUT2D eigenvalue weighted by atomic mass is 9.89. The number of nitrogens with one attached hydrogen (secondary N) is 1. The molecule has 1 N–H and O–H groups in total. The predicted molar refractivity (Wildman–Crippen MR) is 114 cm³/mol. The van der Waals surface area contributed by atoms with E-state index in [1.54, 1.807) is 7.11 Å². The molecule has 0 saturated carbocycles. The molecule has 5 nitrogen and oxygen atoms in total. The van der Waals surface area contributed by atoms with Gasteiger partial charge in [-0.3, -0.25) is 4.79 Å². The van der Waals surface area contributed by atoms with Crippen molar-refractivity contribution >= 4 is 5.91 Å². The van der Waals surface area contributed by atoms with Gasteiger partial charge in [-0.25, -0.2) is 0 Å². The summed E-state index contributed by atoms with van der Waals surface area (Å²) in [5.74, 6) is 2.15. The van der Waals surface area contributed by atoms with E-state index >= 15 is 0 Å². The smallest absolute Gasteiger partial charge is 0.261 e. The van der Waals surface area contributed by atoms with Gasteiger partial charge in [-0.15, -0.1) is 0 Å². The molecule has 1 aliphatic heterocycles. The quantitative estimate of drug-likeness (QED) is 0.754. The molecule has 29 heavy (non-hydrogen) atoms. The number of carbonyl (C=O) groups is 1. The molecule has 0 fully saturated rings. The Hall–Kier alpha value is -2.69. The Morgan fingerprint density at radius 3 is 2.72 bits per heavy atom. The molecule has 0 aliphatic carbocycles. The lowest BCUT2D eigenvalue weighted by Crippen LogP contribution is -2.45. The monoisotopic (exact) mass is 397 g/mol. The van der Waals surface area contributed by atoms with E-state index < -0.39 is 6.10 Å². The summed E-state index contributed by atoms with van der Waals surface area (Å²) >= 11 is 0. The van der Waals surface area contributed by atoms with Crippen molar-refractivity contribution in [2.24, 2.45) is 0 Å². The van der Waals surface area contributed by atoms with Crippen molar-refractivity contribution in [3.8, 4) is 17.2 Å². The summed E-state index contributed by atoms with van der Waals surface area (Å²) in [5, 5.41) is 3.19. The molecule has 0 radical (unpaired) electrons. The summed E-state index contributed by atoms with van der Waals surface area (Å²) in [6.07, 6.45) is 0.686. The van der Waals surface area contributed by atoms with Crippen LogP contribution in [0.3, 0.4) is 0 Å². The van der Waals surface area contributed by atoms with Crippen LogP contribution in [0.4, 0.5) is 0 Å². The van der Waals surface area contributed by atoms with E-state index in [2.05, 4.69) is 5.32 Å².